The fourth-order valence-corrected chi connectivity index (χ4v) is 3.36. The Balaban J connectivity index is 2.49. The van der Waals surface area contributed by atoms with Crippen LogP contribution in [0.3, 0.4) is 0 Å². The Kier molecular flexibility index (Phi) is 4.98. The van der Waals surface area contributed by atoms with Crippen LogP contribution in [0.2, 0.25) is 0 Å². The standard InChI is InChI=1S/C9H20N2O3S/c1-8(2-5-10)11-15(12,13)9-3-6-14-7-4-9/h8-9,11H,2-7,10H2,1H3. The molecule has 0 bridgehead atoms. The minimum absolute atomic E-state index is 0.0807. The van der Waals surface area contributed by atoms with Crippen molar-refractivity contribution in [3.8, 4) is 0 Å². The first-order valence-corrected chi connectivity index (χ1v) is 6.90. The Morgan fingerprint density at radius 2 is 2.07 bits per heavy atom. The molecular weight excluding hydrogens is 216 g/mol. The van der Waals surface area contributed by atoms with E-state index in [1.807, 2.05) is 6.92 Å². The summed E-state index contributed by atoms with van der Waals surface area (Å²) in [5.41, 5.74) is 5.37. The van der Waals surface area contributed by atoms with Crippen molar-refractivity contribution in [3.63, 3.8) is 0 Å². The number of nitrogens with two attached hydrogens (primary N) is 1. The molecule has 0 aromatic carbocycles. The highest BCUT2D eigenvalue weighted by molar-refractivity contribution is 7.90. The number of nitrogens with one attached hydrogen (secondary N) is 1. The van der Waals surface area contributed by atoms with Crippen molar-refractivity contribution in [1.82, 2.24) is 4.72 Å². The van der Waals surface area contributed by atoms with E-state index in [-0.39, 0.29) is 11.3 Å². The number of sulfonamides is 1. The van der Waals surface area contributed by atoms with Crippen LogP contribution in [0.1, 0.15) is 26.2 Å². The quantitative estimate of drug-likeness (QED) is 0.694. The molecule has 90 valence electrons. The van der Waals surface area contributed by atoms with E-state index in [1.54, 1.807) is 0 Å². The van der Waals surface area contributed by atoms with Gasteiger partial charge in [0.25, 0.3) is 0 Å². The lowest BCUT2D eigenvalue weighted by Crippen LogP contribution is -2.42. The highest BCUT2D eigenvalue weighted by Crippen LogP contribution is 2.15. The third-order valence-electron chi connectivity index (χ3n) is 2.57. The third kappa shape index (κ3) is 4.06. The Hall–Kier alpha value is -0.170. The van der Waals surface area contributed by atoms with Gasteiger partial charge < -0.3 is 10.5 Å². The summed E-state index contributed by atoms with van der Waals surface area (Å²) in [5, 5.41) is -0.300. The normalized spacial score (nSPS) is 21.5. The molecule has 1 aliphatic heterocycles. The molecule has 0 amide bonds. The van der Waals surface area contributed by atoms with Gasteiger partial charge in [-0.05, 0) is 32.7 Å². The molecule has 6 heteroatoms. The van der Waals surface area contributed by atoms with Gasteiger partial charge in [-0.25, -0.2) is 13.1 Å². The molecule has 15 heavy (non-hydrogen) atoms. The van der Waals surface area contributed by atoms with Gasteiger partial charge in [0.05, 0.1) is 5.25 Å². The van der Waals surface area contributed by atoms with E-state index in [2.05, 4.69) is 4.72 Å². The maximum Gasteiger partial charge on any atom is 0.214 e. The summed E-state index contributed by atoms with van der Waals surface area (Å²) in [6.45, 7) is 3.41. The second kappa shape index (κ2) is 5.79. The van der Waals surface area contributed by atoms with Crippen LogP contribution in [0.15, 0.2) is 0 Å². The van der Waals surface area contributed by atoms with Gasteiger partial charge in [-0.1, -0.05) is 0 Å². The van der Waals surface area contributed by atoms with Crippen LogP contribution < -0.4 is 10.5 Å². The summed E-state index contributed by atoms with van der Waals surface area (Å²) in [5.74, 6) is 0. The second-order valence-electron chi connectivity index (χ2n) is 3.95. The molecule has 0 radical (unpaired) electrons. The van der Waals surface area contributed by atoms with Gasteiger partial charge >= 0.3 is 0 Å². The summed E-state index contributed by atoms with van der Waals surface area (Å²) >= 11 is 0. The maximum absolute atomic E-state index is 11.9. The first-order valence-electron chi connectivity index (χ1n) is 5.35. The monoisotopic (exact) mass is 236 g/mol. The van der Waals surface area contributed by atoms with Crippen molar-refractivity contribution in [2.45, 2.75) is 37.5 Å². The van der Waals surface area contributed by atoms with Crippen molar-refractivity contribution in [1.29, 1.82) is 0 Å². The molecule has 1 fully saturated rings. The zero-order valence-corrected chi connectivity index (χ0v) is 9.92. The fourth-order valence-electron chi connectivity index (χ4n) is 1.67. The largest absolute Gasteiger partial charge is 0.381 e. The second-order valence-corrected chi connectivity index (χ2v) is 5.95. The van der Waals surface area contributed by atoms with Gasteiger partial charge in [-0.2, -0.15) is 0 Å². The Labute approximate surface area is 91.4 Å². The first-order chi connectivity index (χ1) is 7.06. The lowest BCUT2D eigenvalue weighted by Gasteiger charge is -2.24. The van der Waals surface area contributed by atoms with Gasteiger partial charge in [0, 0.05) is 19.3 Å². The molecule has 0 saturated carbocycles. The van der Waals surface area contributed by atoms with Crippen LogP contribution >= 0.6 is 0 Å². The molecule has 0 spiro atoms. The number of ether oxygens (including phenoxy) is 1. The van der Waals surface area contributed by atoms with E-state index >= 15 is 0 Å². The molecule has 1 atom stereocenters. The van der Waals surface area contributed by atoms with Crippen molar-refractivity contribution in [3.05, 3.63) is 0 Å². The summed E-state index contributed by atoms with van der Waals surface area (Å²) in [6.07, 6.45) is 1.85. The summed E-state index contributed by atoms with van der Waals surface area (Å²) < 4.78 is 31.5. The minimum Gasteiger partial charge on any atom is -0.381 e. The Morgan fingerprint density at radius 3 is 2.60 bits per heavy atom. The Morgan fingerprint density at radius 1 is 1.47 bits per heavy atom. The van der Waals surface area contributed by atoms with Crippen molar-refractivity contribution in [2.24, 2.45) is 5.73 Å². The van der Waals surface area contributed by atoms with E-state index in [9.17, 15) is 8.42 Å². The lowest BCUT2D eigenvalue weighted by atomic mass is 10.2. The molecular formula is C9H20N2O3S. The van der Waals surface area contributed by atoms with Crippen LogP contribution in [0.5, 0.6) is 0 Å². The SMILES string of the molecule is CC(CCN)NS(=O)(=O)C1CCOCC1. The molecule has 1 rings (SSSR count). The third-order valence-corrected chi connectivity index (χ3v) is 4.65. The summed E-state index contributed by atoms with van der Waals surface area (Å²) in [6, 6.07) is -0.0807. The number of hydrogen-bond acceptors (Lipinski definition) is 4. The average molecular weight is 236 g/mol. The highest BCUT2D eigenvalue weighted by atomic mass is 32.2. The van der Waals surface area contributed by atoms with Crippen LogP contribution in [0.25, 0.3) is 0 Å². The maximum atomic E-state index is 11.9. The van der Waals surface area contributed by atoms with E-state index < -0.39 is 10.0 Å². The predicted molar refractivity (Wildman–Crippen MR) is 59.0 cm³/mol. The van der Waals surface area contributed by atoms with Crippen molar-refractivity contribution in [2.75, 3.05) is 19.8 Å². The molecule has 1 aliphatic rings. The van der Waals surface area contributed by atoms with E-state index in [4.69, 9.17) is 10.5 Å². The van der Waals surface area contributed by atoms with E-state index in [0.717, 1.165) is 0 Å². The number of rotatable bonds is 5. The first kappa shape index (κ1) is 12.9. The molecule has 5 nitrogen and oxygen atoms in total. The topological polar surface area (TPSA) is 81.4 Å². The lowest BCUT2D eigenvalue weighted by molar-refractivity contribution is 0.0981. The van der Waals surface area contributed by atoms with Gasteiger partial charge in [-0.15, -0.1) is 0 Å². The number of hydrogen-bond donors (Lipinski definition) is 2. The van der Waals surface area contributed by atoms with Crippen LogP contribution in [0.4, 0.5) is 0 Å². The summed E-state index contributed by atoms with van der Waals surface area (Å²) in [7, 11) is -3.19. The van der Waals surface area contributed by atoms with Gasteiger partial charge in [-0.3, -0.25) is 0 Å². The molecule has 0 aromatic heterocycles. The van der Waals surface area contributed by atoms with Gasteiger partial charge in [0.1, 0.15) is 0 Å². The Bertz CT molecular complexity index is 273. The van der Waals surface area contributed by atoms with Gasteiger partial charge in [0.15, 0.2) is 0 Å². The molecule has 0 aromatic rings. The van der Waals surface area contributed by atoms with E-state index in [0.29, 0.717) is 39.0 Å². The smallest absolute Gasteiger partial charge is 0.214 e. The van der Waals surface area contributed by atoms with Gasteiger partial charge in [0.2, 0.25) is 10.0 Å². The fraction of sp³-hybridized carbons (Fsp3) is 1.00. The molecule has 1 unspecified atom stereocenters. The zero-order chi connectivity index (χ0) is 11.3. The summed E-state index contributed by atoms with van der Waals surface area (Å²) in [4.78, 5) is 0. The molecule has 0 aliphatic carbocycles. The molecule has 1 saturated heterocycles. The molecule has 1 heterocycles. The predicted octanol–water partition coefficient (Wildman–Crippen LogP) is -0.178. The van der Waals surface area contributed by atoms with Crippen LogP contribution in [0, 0.1) is 0 Å². The minimum atomic E-state index is -3.19. The highest BCUT2D eigenvalue weighted by Gasteiger charge is 2.28. The zero-order valence-electron chi connectivity index (χ0n) is 9.11. The average Bonchev–Trinajstić information content (AvgIpc) is 2.18. The van der Waals surface area contributed by atoms with Crippen molar-refractivity contribution < 1.29 is 13.2 Å². The van der Waals surface area contributed by atoms with Crippen LogP contribution in [-0.4, -0.2) is 39.5 Å². The van der Waals surface area contributed by atoms with Crippen LogP contribution in [-0.2, 0) is 14.8 Å². The van der Waals surface area contributed by atoms with Crippen molar-refractivity contribution >= 4 is 10.0 Å². The molecule has 3 N–H and O–H groups in total. The van der Waals surface area contributed by atoms with E-state index in [1.165, 1.54) is 0 Å².